The van der Waals surface area contributed by atoms with Gasteiger partial charge in [0, 0.05) is 6.20 Å². The molecule has 0 fully saturated rings. The lowest BCUT2D eigenvalue weighted by molar-refractivity contribution is 0.627. The smallest absolute Gasteiger partial charge is 0.124 e. The van der Waals surface area contributed by atoms with Crippen LogP contribution in [0.25, 0.3) is 0 Å². The molecular weight excluding hydrogens is 299 g/mol. The van der Waals surface area contributed by atoms with E-state index in [0.717, 1.165) is 6.07 Å². The first kappa shape index (κ1) is 12.3. The number of nitrogens with one attached hydrogen (secondary N) is 1. The minimum absolute atomic E-state index is 0.207. The van der Waals surface area contributed by atoms with Crippen LogP contribution >= 0.6 is 15.9 Å². The van der Waals surface area contributed by atoms with Crippen molar-refractivity contribution in [3.63, 3.8) is 0 Å². The van der Waals surface area contributed by atoms with Crippen molar-refractivity contribution >= 4 is 33.0 Å². The predicted octanol–water partition coefficient (Wildman–Crippen LogP) is 3.18. The molecule has 1 aromatic heterocycles. The van der Waals surface area contributed by atoms with Gasteiger partial charge in [-0.2, -0.15) is 5.26 Å². The minimum Gasteiger partial charge on any atom is -0.396 e. The molecule has 2 rings (SSSR count). The third-order valence-corrected chi connectivity index (χ3v) is 2.89. The lowest BCUT2D eigenvalue weighted by Crippen LogP contribution is -2.00. The van der Waals surface area contributed by atoms with Crippen LogP contribution in [0, 0.1) is 17.1 Å². The maximum atomic E-state index is 13.0. The highest BCUT2D eigenvalue weighted by Crippen LogP contribution is 2.31. The Morgan fingerprint density at radius 3 is 2.83 bits per heavy atom. The molecule has 0 radical (unpaired) electrons. The Kier molecular flexibility index (Phi) is 3.44. The van der Waals surface area contributed by atoms with Crippen molar-refractivity contribution in [2.24, 2.45) is 0 Å². The van der Waals surface area contributed by atoms with E-state index in [-0.39, 0.29) is 5.56 Å². The third-order valence-electron chi connectivity index (χ3n) is 2.29. The largest absolute Gasteiger partial charge is 0.396 e. The van der Waals surface area contributed by atoms with E-state index in [1.54, 1.807) is 6.20 Å². The van der Waals surface area contributed by atoms with Crippen molar-refractivity contribution in [1.82, 2.24) is 4.98 Å². The highest BCUT2D eigenvalue weighted by molar-refractivity contribution is 9.10. The van der Waals surface area contributed by atoms with Crippen LogP contribution in [0.2, 0.25) is 0 Å². The number of halogens is 2. The monoisotopic (exact) mass is 306 g/mol. The van der Waals surface area contributed by atoms with Crippen molar-refractivity contribution < 1.29 is 4.39 Å². The van der Waals surface area contributed by atoms with E-state index in [2.05, 4.69) is 26.2 Å². The van der Waals surface area contributed by atoms with Crippen LogP contribution < -0.4 is 11.1 Å². The quantitative estimate of drug-likeness (QED) is 0.893. The molecular formula is C12H8BrFN4. The first-order chi connectivity index (χ1) is 8.61. The SMILES string of the molecule is N#Cc1cc(F)ccc1Nc1c(N)cncc1Br. The summed E-state index contributed by atoms with van der Waals surface area (Å²) in [5.74, 6) is -0.459. The highest BCUT2D eigenvalue weighted by atomic mass is 79.9. The van der Waals surface area contributed by atoms with Gasteiger partial charge in [-0.1, -0.05) is 0 Å². The number of benzene rings is 1. The molecule has 1 heterocycles. The number of pyridine rings is 1. The van der Waals surface area contributed by atoms with Gasteiger partial charge in [-0.3, -0.25) is 4.98 Å². The molecule has 0 atom stereocenters. The second kappa shape index (κ2) is 5.02. The Balaban J connectivity index is 2.44. The summed E-state index contributed by atoms with van der Waals surface area (Å²) >= 11 is 3.30. The molecule has 0 aliphatic carbocycles. The maximum absolute atomic E-state index is 13.0. The maximum Gasteiger partial charge on any atom is 0.124 e. The lowest BCUT2D eigenvalue weighted by atomic mass is 10.2. The van der Waals surface area contributed by atoms with Gasteiger partial charge >= 0.3 is 0 Å². The fourth-order valence-electron chi connectivity index (χ4n) is 1.43. The number of nitrogens with two attached hydrogens (primary N) is 1. The van der Waals surface area contributed by atoms with E-state index >= 15 is 0 Å². The molecule has 0 saturated carbocycles. The number of hydrogen-bond donors (Lipinski definition) is 2. The number of aromatic nitrogens is 1. The molecule has 0 saturated heterocycles. The minimum atomic E-state index is -0.459. The molecule has 2 aromatic rings. The van der Waals surface area contributed by atoms with Crippen molar-refractivity contribution in [2.45, 2.75) is 0 Å². The van der Waals surface area contributed by atoms with Crippen LogP contribution in [0.4, 0.5) is 21.5 Å². The fraction of sp³-hybridized carbons (Fsp3) is 0. The highest BCUT2D eigenvalue weighted by Gasteiger charge is 2.09. The Labute approximate surface area is 111 Å². The first-order valence-electron chi connectivity index (χ1n) is 4.97. The number of nitrogen functional groups attached to an aromatic ring is 1. The molecule has 1 aromatic carbocycles. The molecule has 0 aliphatic rings. The van der Waals surface area contributed by atoms with E-state index < -0.39 is 5.82 Å². The van der Waals surface area contributed by atoms with Gasteiger partial charge in [0.2, 0.25) is 0 Å². The molecule has 3 N–H and O–H groups in total. The van der Waals surface area contributed by atoms with E-state index in [9.17, 15) is 4.39 Å². The lowest BCUT2D eigenvalue weighted by Gasteiger charge is -2.11. The number of nitriles is 1. The van der Waals surface area contributed by atoms with Crippen LogP contribution in [0.1, 0.15) is 5.56 Å². The Morgan fingerprint density at radius 1 is 1.39 bits per heavy atom. The zero-order chi connectivity index (χ0) is 13.1. The molecule has 18 heavy (non-hydrogen) atoms. The van der Waals surface area contributed by atoms with E-state index in [4.69, 9.17) is 11.0 Å². The molecule has 0 bridgehead atoms. The summed E-state index contributed by atoms with van der Waals surface area (Å²) in [6.07, 6.45) is 3.07. The van der Waals surface area contributed by atoms with Gasteiger partial charge in [0.05, 0.1) is 33.3 Å². The first-order valence-corrected chi connectivity index (χ1v) is 5.77. The van der Waals surface area contributed by atoms with Crippen molar-refractivity contribution in [2.75, 3.05) is 11.1 Å². The van der Waals surface area contributed by atoms with Gasteiger partial charge in [0.25, 0.3) is 0 Å². The van der Waals surface area contributed by atoms with Gasteiger partial charge in [-0.05, 0) is 34.1 Å². The van der Waals surface area contributed by atoms with Crippen LogP contribution in [-0.4, -0.2) is 4.98 Å². The average Bonchev–Trinajstić information content (AvgIpc) is 2.35. The van der Waals surface area contributed by atoms with Crippen molar-refractivity contribution in [3.05, 3.63) is 46.4 Å². The molecule has 90 valence electrons. The summed E-state index contributed by atoms with van der Waals surface area (Å²) in [7, 11) is 0. The van der Waals surface area contributed by atoms with Gasteiger partial charge < -0.3 is 11.1 Å². The molecule has 6 heteroatoms. The standard InChI is InChI=1S/C12H8BrFN4/c13-9-5-17-6-10(16)12(9)18-11-2-1-8(14)3-7(11)4-15/h1-3,5-6H,16H2,(H,17,18). The van der Waals surface area contributed by atoms with Gasteiger partial charge in [-0.15, -0.1) is 0 Å². The Bertz CT molecular complexity index is 616. The van der Waals surface area contributed by atoms with Crippen LogP contribution in [0.5, 0.6) is 0 Å². The second-order valence-corrected chi connectivity index (χ2v) is 4.37. The summed E-state index contributed by atoms with van der Waals surface area (Å²) in [4.78, 5) is 3.91. The van der Waals surface area contributed by atoms with Crippen LogP contribution in [-0.2, 0) is 0 Å². The molecule has 0 amide bonds. The summed E-state index contributed by atoms with van der Waals surface area (Å²) in [5, 5.41) is 11.9. The van der Waals surface area contributed by atoms with E-state index in [0.29, 0.717) is 21.5 Å². The van der Waals surface area contributed by atoms with Crippen LogP contribution in [0.15, 0.2) is 35.1 Å². The van der Waals surface area contributed by atoms with Gasteiger partial charge in [0.1, 0.15) is 11.9 Å². The fourth-order valence-corrected chi connectivity index (χ4v) is 1.88. The predicted molar refractivity (Wildman–Crippen MR) is 70.7 cm³/mol. The molecule has 0 spiro atoms. The normalized spacial score (nSPS) is 9.83. The van der Waals surface area contributed by atoms with Crippen LogP contribution in [0.3, 0.4) is 0 Å². The van der Waals surface area contributed by atoms with E-state index in [1.165, 1.54) is 18.3 Å². The van der Waals surface area contributed by atoms with E-state index in [1.807, 2.05) is 6.07 Å². The molecule has 4 nitrogen and oxygen atoms in total. The van der Waals surface area contributed by atoms with Crippen molar-refractivity contribution in [3.8, 4) is 6.07 Å². The molecule has 0 unspecified atom stereocenters. The van der Waals surface area contributed by atoms with Crippen molar-refractivity contribution in [1.29, 1.82) is 5.26 Å². The molecule has 0 aliphatic heterocycles. The number of anilines is 3. The zero-order valence-corrected chi connectivity index (χ0v) is 10.7. The average molecular weight is 307 g/mol. The summed E-state index contributed by atoms with van der Waals surface area (Å²) in [6.45, 7) is 0. The van der Waals surface area contributed by atoms with Gasteiger partial charge in [0.15, 0.2) is 0 Å². The Hall–Kier alpha value is -2.13. The number of hydrogen-bond acceptors (Lipinski definition) is 4. The van der Waals surface area contributed by atoms with Gasteiger partial charge in [-0.25, -0.2) is 4.39 Å². The zero-order valence-electron chi connectivity index (χ0n) is 9.11. The summed E-state index contributed by atoms with van der Waals surface area (Å²) in [6, 6.07) is 5.84. The number of rotatable bonds is 2. The number of nitrogens with zero attached hydrogens (tertiary/aromatic N) is 2. The second-order valence-electron chi connectivity index (χ2n) is 3.51. The third kappa shape index (κ3) is 2.41. The Morgan fingerprint density at radius 2 is 2.17 bits per heavy atom. The topological polar surface area (TPSA) is 74.7 Å². The summed E-state index contributed by atoms with van der Waals surface area (Å²) in [5.41, 5.74) is 7.49. The summed E-state index contributed by atoms with van der Waals surface area (Å²) < 4.78 is 13.7.